The van der Waals surface area contributed by atoms with Gasteiger partial charge in [0.05, 0.1) is 0 Å². The molecule has 0 atom stereocenters. The summed E-state index contributed by atoms with van der Waals surface area (Å²) < 4.78 is 10.9. The van der Waals surface area contributed by atoms with Gasteiger partial charge in [0, 0.05) is 16.5 Å². The van der Waals surface area contributed by atoms with E-state index in [9.17, 15) is 0 Å². The van der Waals surface area contributed by atoms with Crippen molar-refractivity contribution in [2.24, 2.45) is 5.73 Å². The van der Waals surface area contributed by atoms with Crippen LogP contribution in [-0.2, 0) is 12.0 Å². The smallest absolute Gasteiger partial charge is 0.232 e. The lowest BCUT2D eigenvalue weighted by molar-refractivity contribution is 0.166. The van der Waals surface area contributed by atoms with Crippen molar-refractivity contribution in [1.29, 1.82) is 0 Å². The van der Waals surface area contributed by atoms with Crippen LogP contribution in [0, 0.1) is 0 Å². The van der Waals surface area contributed by atoms with Crippen molar-refractivity contribution < 1.29 is 9.26 Å². The Hall–Kier alpha value is -1.59. The molecule has 3 rings (SSSR count). The second kappa shape index (κ2) is 5.07. The molecular weight excluding hydrogens is 278 g/mol. The summed E-state index contributed by atoms with van der Waals surface area (Å²) in [5, 5.41) is 4.62. The normalized spacial score (nSPS) is 25.2. The molecule has 1 fully saturated rings. The van der Waals surface area contributed by atoms with Crippen molar-refractivity contribution in [3.63, 3.8) is 0 Å². The minimum atomic E-state index is -0.0784. The number of rotatable bonds is 4. The summed E-state index contributed by atoms with van der Waals surface area (Å²) in [7, 11) is 0. The van der Waals surface area contributed by atoms with E-state index in [1.54, 1.807) is 24.3 Å². The quantitative estimate of drug-likeness (QED) is 0.938. The van der Waals surface area contributed by atoms with Gasteiger partial charge in [0.25, 0.3) is 0 Å². The lowest BCUT2D eigenvalue weighted by Gasteiger charge is -2.40. The third-order valence-electron chi connectivity index (χ3n) is 3.59. The number of nitrogens with zero attached hydrogens (tertiary/aromatic N) is 2. The first kappa shape index (κ1) is 13.4. The summed E-state index contributed by atoms with van der Waals surface area (Å²) in [6.45, 7) is 2.36. The van der Waals surface area contributed by atoms with Crippen LogP contribution in [0.2, 0.25) is 5.02 Å². The van der Waals surface area contributed by atoms with Crippen molar-refractivity contribution in [1.82, 2.24) is 10.1 Å². The molecule has 1 aromatic heterocycles. The Bertz CT molecular complexity index is 591. The number of ether oxygens (including phenoxy) is 1. The van der Waals surface area contributed by atoms with E-state index in [4.69, 9.17) is 26.6 Å². The van der Waals surface area contributed by atoms with Crippen molar-refractivity contribution in [2.75, 3.05) is 0 Å². The van der Waals surface area contributed by atoms with Gasteiger partial charge in [-0.3, -0.25) is 0 Å². The zero-order valence-electron chi connectivity index (χ0n) is 11.2. The molecule has 106 valence electrons. The van der Waals surface area contributed by atoms with E-state index in [2.05, 4.69) is 17.1 Å². The number of hydrogen-bond acceptors (Lipinski definition) is 5. The maximum atomic E-state index is 5.82. The fourth-order valence-corrected chi connectivity index (χ4v) is 2.63. The van der Waals surface area contributed by atoms with Gasteiger partial charge in [0.15, 0.2) is 6.61 Å². The molecule has 5 nitrogen and oxygen atoms in total. The summed E-state index contributed by atoms with van der Waals surface area (Å²) in [5.41, 5.74) is 5.74. The van der Waals surface area contributed by atoms with Crippen LogP contribution >= 0.6 is 11.6 Å². The standard InChI is InChI=1S/C14H16ClN3O2/c1-14(6-10(16)7-14)13-17-12(18-20-13)8-19-11-4-2-9(15)3-5-11/h2-5,10H,6-8,16H2,1H3. The van der Waals surface area contributed by atoms with Crippen molar-refractivity contribution in [3.8, 4) is 5.75 Å². The Balaban J connectivity index is 1.61. The first-order valence-corrected chi connectivity index (χ1v) is 6.90. The topological polar surface area (TPSA) is 74.2 Å². The van der Waals surface area contributed by atoms with E-state index in [-0.39, 0.29) is 18.1 Å². The summed E-state index contributed by atoms with van der Waals surface area (Å²) in [6.07, 6.45) is 1.76. The predicted molar refractivity (Wildman–Crippen MR) is 74.6 cm³/mol. The van der Waals surface area contributed by atoms with Crippen LogP contribution in [-0.4, -0.2) is 16.2 Å². The zero-order valence-corrected chi connectivity index (χ0v) is 11.9. The molecule has 2 aromatic rings. The van der Waals surface area contributed by atoms with Gasteiger partial charge in [-0.05, 0) is 37.1 Å². The van der Waals surface area contributed by atoms with E-state index in [1.165, 1.54) is 0 Å². The largest absolute Gasteiger partial charge is 0.485 e. The molecule has 20 heavy (non-hydrogen) atoms. The molecule has 2 N–H and O–H groups in total. The SMILES string of the molecule is CC1(c2nc(COc3ccc(Cl)cc3)no2)CC(N)C1. The first-order chi connectivity index (χ1) is 9.55. The molecule has 0 aliphatic heterocycles. The first-order valence-electron chi connectivity index (χ1n) is 6.52. The van der Waals surface area contributed by atoms with E-state index in [0.717, 1.165) is 18.6 Å². The number of nitrogens with two attached hydrogens (primary N) is 1. The maximum Gasteiger partial charge on any atom is 0.232 e. The van der Waals surface area contributed by atoms with Gasteiger partial charge in [-0.15, -0.1) is 0 Å². The highest BCUT2D eigenvalue weighted by atomic mass is 35.5. The molecule has 0 unspecified atom stereocenters. The Labute approximate surface area is 122 Å². The van der Waals surface area contributed by atoms with Crippen LogP contribution in [0.25, 0.3) is 0 Å². The Morgan fingerprint density at radius 3 is 2.75 bits per heavy atom. The number of benzene rings is 1. The van der Waals surface area contributed by atoms with Crippen molar-refractivity contribution in [3.05, 3.63) is 41.0 Å². The molecule has 1 heterocycles. The lowest BCUT2D eigenvalue weighted by atomic mass is 9.67. The zero-order chi connectivity index (χ0) is 14.2. The lowest BCUT2D eigenvalue weighted by Crippen LogP contribution is -2.47. The molecule has 0 saturated heterocycles. The summed E-state index contributed by atoms with van der Waals surface area (Å²) in [4.78, 5) is 4.39. The third kappa shape index (κ3) is 2.64. The van der Waals surface area contributed by atoms with Crippen molar-refractivity contribution >= 4 is 11.6 Å². The second-order valence-electron chi connectivity index (χ2n) is 5.49. The number of aromatic nitrogens is 2. The molecule has 1 aromatic carbocycles. The van der Waals surface area contributed by atoms with E-state index >= 15 is 0 Å². The second-order valence-corrected chi connectivity index (χ2v) is 5.92. The van der Waals surface area contributed by atoms with Crippen LogP contribution in [0.15, 0.2) is 28.8 Å². The Morgan fingerprint density at radius 1 is 1.40 bits per heavy atom. The van der Waals surface area contributed by atoms with E-state index in [1.807, 2.05) is 0 Å². The van der Waals surface area contributed by atoms with E-state index in [0.29, 0.717) is 16.7 Å². The molecule has 0 amide bonds. The molecular formula is C14H16ClN3O2. The van der Waals surface area contributed by atoms with Crippen molar-refractivity contribution in [2.45, 2.75) is 37.8 Å². The maximum absolute atomic E-state index is 5.82. The molecule has 0 bridgehead atoms. The predicted octanol–water partition coefficient (Wildman–Crippen LogP) is 2.68. The fourth-order valence-electron chi connectivity index (χ4n) is 2.51. The highest BCUT2D eigenvalue weighted by Crippen LogP contribution is 2.41. The molecule has 1 aliphatic rings. The molecule has 1 saturated carbocycles. The van der Waals surface area contributed by atoms with E-state index < -0.39 is 0 Å². The molecule has 0 radical (unpaired) electrons. The van der Waals surface area contributed by atoms with Gasteiger partial charge in [-0.2, -0.15) is 4.98 Å². The Morgan fingerprint density at radius 2 is 2.10 bits per heavy atom. The summed E-state index contributed by atoms with van der Waals surface area (Å²) in [5.74, 6) is 1.91. The molecule has 1 aliphatic carbocycles. The van der Waals surface area contributed by atoms with Crippen LogP contribution < -0.4 is 10.5 Å². The number of hydrogen-bond donors (Lipinski definition) is 1. The van der Waals surface area contributed by atoms with Gasteiger partial charge >= 0.3 is 0 Å². The highest BCUT2D eigenvalue weighted by Gasteiger charge is 2.44. The third-order valence-corrected chi connectivity index (χ3v) is 3.84. The van der Waals surface area contributed by atoms with Crippen LogP contribution in [0.1, 0.15) is 31.5 Å². The monoisotopic (exact) mass is 293 g/mol. The average molecular weight is 294 g/mol. The average Bonchev–Trinajstić information content (AvgIpc) is 2.86. The summed E-state index contributed by atoms with van der Waals surface area (Å²) in [6, 6.07) is 7.39. The molecule has 6 heteroatoms. The minimum Gasteiger partial charge on any atom is -0.485 e. The van der Waals surface area contributed by atoms with Gasteiger partial charge in [0.1, 0.15) is 5.75 Å². The van der Waals surface area contributed by atoms with Crippen LogP contribution in [0.4, 0.5) is 0 Å². The van der Waals surface area contributed by atoms with Crippen LogP contribution in [0.3, 0.4) is 0 Å². The molecule has 0 spiro atoms. The highest BCUT2D eigenvalue weighted by molar-refractivity contribution is 6.30. The fraction of sp³-hybridized carbons (Fsp3) is 0.429. The van der Waals surface area contributed by atoms with Gasteiger partial charge in [-0.1, -0.05) is 23.7 Å². The van der Waals surface area contributed by atoms with Crippen LogP contribution in [0.5, 0.6) is 5.75 Å². The van der Waals surface area contributed by atoms with Gasteiger partial charge in [-0.25, -0.2) is 0 Å². The Kier molecular flexibility index (Phi) is 3.40. The summed E-state index contributed by atoms with van der Waals surface area (Å²) >= 11 is 5.81. The minimum absolute atomic E-state index is 0.0784. The van der Waals surface area contributed by atoms with Gasteiger partial charge in [0.2, 0.25) is 11.7 Å². The number of halogens is 1. The van der Waals surface area contributed by atoms with Gasteiger partial charge < -0.3 is 15.0 Å².